The zero-order valence-corrected chi connectivity index (χ0v) is 15.0. The lowest BCUT2D eigenvalue weighted by atomic mass is 10.2. The number of nitrogens with zero attached hydrogens (tertiary/aromatic N) is 3. The van der Waals surface area contributed by atoms with Gasteiger partial charge in [0.15, 0.2) is 0 Å². The Hall–Kier alpha value is -2.22. The minimum absolute atomic E-state index is 0.00271. The number of sulfonamides is 1. The third-order valence-corrected chi connectivity index (χ3v) is 5.59. The van der Waals surface area contributed by atoms with Crippen molar-refractivity contribution in [1.29, 1.82) is 0 Å². The molecule has 0 unspecified atom stereocenters. The summed E-state index contributed by atoms with van der Waals surface area (Å²) in [6.07, 6.45) is 0. The van der Waals surface area contributed by atoms with E-state index in [1.807, 2.05) is 6.07 Å². The smallest absolute Gasteiger partial charge is 0.242 e. The summed E-state index contributed by atoms with van der Waals surface area (Å²) in [5, 5.41) is 4.44. The van der Waals surface area contributed by atoms with Crippen molar-refractivity contribution >= 4 is 21.6 Å². The number of aromatic nitrogens is 2. The van der Waals surface area contributed by atoms with E-state index in [4.69, 9.17) is 16.1 Å². The number of halogens is 1. The average molecular weight is 378 g/mol. The summed E-state index contributed by atoms with van der Waals surface area (Å²) >= 11 is 5.95. The van der Waals surface area contributed by atoms with Crippen molar-refractivity contribution in [1.82, 2.24) is 14.4 Å². The fraction of sp³-hybridized carbons (Fsp3) is 0.176. The van der Waals surface area contributed by atoms with Crippen molar-refractivity contribution in [2.24, 2.45) is 0 Å². The summed E-state index contributed by atoms with van der Waals surface area (Å²) in [6, 6.07) is 16.0. The van der Waals surface area contributed by atoms with Crippen molar-refractivity contribution in [3.63, 3.8) is 0 Å². The molecule has 0 radical (unpaired) electrons. The van der Waals surface area contributed by atoms with Crippen LogP contribution in [-0.4, -0.2) is 29.9 Å². The van der Waals surface area contributed by atoms with E-state index >= 15 is 0 Å². The molecule has 0 spiro atoms. The molecule has 2 aromatic carbocycles. The van der Waals surface area contributed by atoms with Gasteiger partial charge in [-0.1, -0.05) is 59.2 Å². The molecule has 0 bridgehead atoms. The first-order valence-electron chi connectivity index (χ1n) is 7.50. The lowest BCUT2D eigenvalue weighted by Gasteiger charge is -2.14. The van der Waals surface area contributed by atoms with E-state index in [0.717, 1.165) is 5.56 Å². The van der Waals surface area contributed by atoms with E-state index in [0.29, 0.717) is 16.4 Å². The third-order valence-electron chi connectivity index (χ3n) is 3.58. The molecule has 0 amide bonds. The van der Waals surface area contributed by atoms with E-state index in [2.05, 4.69) is 10.1 Å². The summed E-state index contributed by atoms with van der Waals surface area (Å²) in [5.74, 6) is 0.500. The van der Waals surface area contributed by atoms with Crippen LogP contribution in [0.25, 0.3) is 11.4 Å². The molecule has 1 aromatic heterocycles. The van der Waals surface area contributed by atoms with Crippen LogP contribution >= 0.6 is 11.6 Å². The minimum Gasteiger partial charge on any atom is -0.338 e. The molecule has 3 rings (SSSR count). The van der Waals surface area contributed by atoms with E-state index in [-0.39, 0.29) is 18.2 Å². The standard InChI is InChI=1S/C17H16ClN3O3S/c1-21(25(22,23)12-13-6-3-2-4-7-13)11-16-19-17(20-24-16)14-8-5-9-15(18)10-14/h2-10H,11-12H2,1H3. The Morgan fingerprint density at radius 1 is 1.12 bits per heavy atom. The van der Waals surface area contributed by atoms with Crippen molar-refractivity contribution < 1.29 is 12.9 Å². The number of benzene rings is 2. The number of hydrogen-bond donors (Lipinski definition) is 0. The van der Waals surface area contributed by atoms with Gasteiger partial charge in [-0.05, 0) is 17.7 Å². The summed E-state index contributed by atoms with van der Waals surface area (Å²) < 4.78 is 31.3. The molecule has 3 aromatic rings. The molecule has 0 N–H and O–H groups in total. The molecule has 0 aliphatic heterocycles. The molecule has 0 saturated carbocycles. The predicted octanol–water partition coefficient (Wildman–Crippen LogP) is 3.35. The van der Waals surface area contributed by atoms with Gasteiger partial charge in [0.25, 0.3) is 0 Å². The van der Waals surface area contributed by atoms with Gasteiger partial charge < -0.3 is 4.52 Å². The molecule has 0 aliphatic carbocycles. The van der Waals surface area contributed by atoms with Gasteiger partial charge in [0.2, 0.25) is 21.7 Å². The highest BCUT2D eigenvalue weighted by Crippen LogP contribution is 2.20. The Morgan fingerprint density at radius 2 is 1.88 bits per heavy atom. The Kier molecular flexibility index (Phi) is 5.17. The first-order chi connectivity index (χ1) is 11.9. The molecule has 25 heavy (non-hydrogen) atoms. The molecular weight excluding hydrogens is 362 g/mol. The highest BCUT2D eigenvalue weighted by atomic mass is 35.5. The van der Waals surface area contributed by atoms with Crippen LogP contribution in [-0.2, 0) is 22.3 Å². The SMILES string of the molecule is CN(Cc1nc(-c2cccc(Cl)c2)no1)S(=O)(=O)Cc1ccccc1. The van der Waals surface area contributed by atoms with Gasteiger partial charge >= 0.3 is 0 Å². The van der Waals surface area contributed by atoms with Crippen molar-refractivity contribution in [3.8, 4) is 11.4 Å². The number of rotatable bonds is 6. The van der Waals surface area contributed by atoms with Crippen LogP contribution in [0.5, 0.6) is 0 Å². The predicted molar refractivity (Wildman–Crippen MR) is 95.3 cm³/mol. The maximum absolute atomic E-state index is 12.4. The topological polar surface area (TPSA) is 76.3 Å². The van der Waals surface area contributed by atoms with E-state index in [1.165, 1.54) is 11.4 Å². The van der Waals surface area contributed by atoms with Gasteiger partial charge in [-0.2, -0.15) is 9.29 Å². The third kappa shape index (κ3) is 4.45. The fourth-order valence-corrected chi connectivity index (χ4v) is 3.58. The zero-order valence-electron chi connectivity index (χ0n) is 13.5. The van der Waals surface area contributed by atoms with Crippen molar-refractivity contribution in [2.75, 3.05) is 7.05 Å². The second-order valence-electron chi connectivity index (χ2n) is 5.52. The first-order valence-corrected chi connectivity index (χ1v) is 9.49. The minimum atomic E-state index is -3.49. The van der Waals surface area contributed by atoms with Gasteiger partial charge in [0.05, 0.1) is 12.3 Å². The second-order valence-corrected chi connectivity index (χ2v) is 8.03. The summed E-state index contributed by atoms with van der Waals surface area (Å²) in [7, 11) is -2.00. The molecule has 0 fully saturated rings. The Labute approximate surface area is 151 Å². The van der Waals surface area contributed by atoms with Gasteiger partial charge in [0.1, 0.15) is 0 Å². The normalized spacial score (nSPS) is 11.8. The first kappa shape index (κ1) is 17.6. The monoisotopic (exact) mass is 377 g/mol. The number of hydrogen-bond acceptors (Lipinski definition) is 5. The lowest BCUT2D eigenvalue weighted by molar-refractivity contribution is 0.336. The Morgan fingerprint density at radius 3 is 2.60 bits per heavy atom. The average Bonchev–Trinajstić information content (AvgIpc) is 3.04. The lowest BCUT2D eigenvalue weighted by Crippen LogP contribution is -2.27. The van der Waals surface area contributed by atoms with E-state index in [9.17, 15) is 8.42 Å². The largest absolute Gasteiger partial charge is 0.338 e. The second kappa shape index (κ2) is 7.35. The van der Waals surface area contributed by atoms with Crippen molar-refractivity contribution in [3.05, 3.63) is 71.1 Å². The molecule has 0 atom stereocenters. The molecule has 6 nitrogen and oxygen atoms in total. The molecule has 8 heteroatoms. The van der Waals surface area contributed by atoms with Crippen molar-refractivity contribution in [2.45, 2.75) is 12.3 Å². The van der Waals surface area contributed by atoms with Gasteiger partial charge in [-0.25, -0.2) is 8.42 Å². The fourth-order valence-electron chi connectivity index (χ4n) is 2.25. The maximum Gasteiger partial charge on any atom is 0.242 e. The highest BCUT2D eigenvalue weighted by Gasteiger charge is 2.21. The van der Waals surface area contributed by atoms with Crippen LogP contribution in [0.4, 0.5) is 0 Å². The van der Waals surface area contributed by atoms with Crippen LogP contribution < -0.4 is 0 Å². The summed E-state index contributed by atoms with van der Waals surface area (Å²) in [5.41, 5.74) is 1.43. The zero-order chi connectivity index (χ0) is 17.9. The van der Waals surface area contributed by atoms with Crippen LogP contribution in [0.2, 0.25) is 5.02 Å². The summed E-state index contributed by atoms with van der Waals surface area (Å²) in [4.78, 5) is 4.24. The maximum atomic E-state index is 12.4. The van der Waals surface area contributed by atoms with Crippen LogP contribution in [0.15, 0.2) is 59.1 Å². The Bertz CT molecular complexity index is 958. The molecule has 1 heterocycles. The molecule has 0 saturated heterocycles. The van der Waals surface area contributed by atoms with Crippen LogP contribution in [0.3, 0.4) is 0 Å². The van der Waals surface area contributed by atoms with E-state index in [1.54, 1.807) is 48.5 Å². The highest BCUT2D eigenvalue weighted by molar-refractivity contribution is 7.88. The van der Waals surface area contributed by atoms with Crippen LogP contribution in [0.1, 0.15) is 11.5 Å². The van der Waals surface area contributed by atoms with Gasteiger partial charge in [-0.15, -0.1) is 0 Å². The quantitative estimate of drug-likeness (QED) is 0.658. The Balaban J connectivity index is 1.72. The summed E-state index contributed by atoms with van der Waals surface area (Å²) in [6.45, 7) is 0.00271. The van der Waals surface area contributed by atoms with Gasteiger partial charge in [0, 0.05) is 17.6 Å². The molecular formula is C17H16ClN3O3S. The molecule has 0 aliphatic rings. The van der Waals surface area contributed by atoms with E-state index < -0.39 is 10.0 Å². The van der Waals surface area contributed by atoms with Gasteiger partial charge in [-0.3, -0.25) is 0 Å². The molecule has 130 valence electrons. The van der Waals surface area contributed by atoms with Crippen LogP contribution in [0, 0.1) is 0 Å².